The Hall–Kier alpha value is -4.07. The number of esters is 3. The van der Waals surface area contributed by atoms with Gasteiger partial charge in [0.2, 0.25) is 0 Å². The molecule has 1 fully saturated rings. The smallest absolute Gasteiger partial charge is 0.310 e. The number of hydrogen-bond donors (Lipinski definition) is 2. The molecule has 0 spiro atoms. The second kappa shape index (κ2) is 18.0. The van der Waals surface area contributed by atoms with Gasteiger partial charge in [0.25, 0.3) is 0 Å². The Morgan fingerprint density at radius 3 is 1.30 bits per heavy atom. The number of hydrogen-bond acceptors (Lipinski definition) is 8. The van der Waals surface area contributed by atoms with Crippen LogP contribution in [0.25, 0.3) is 0 Å². The number of phenolic OH excluding ortho intramolecular Hbond substituents is 1. The number of carbonyl (C=O) groups excluding carboxylic acids is 3. The van der Waals surface area contributed by atoms with Crippen LogP contribution in [0.2, 0.25) is 0 Å². The third-order valence-electron chi connectivity index (χ3n) is 13.8. The van der Waals surface area contributed by atoms with E-state index in [1.54, 1.807) is 6.92 Å². The lowest BCUT2D eigenvalue weighted by molar-refractivity contribution is -0.208. The molecule has 0 aromatic heterocycles. The predicted molar refractivity (Wildman–Crippen MR) is 259 cm³/mol. The molecule has 8 heteroatoms. The van der Waals surface area contributed by atoms with Crippen LogP contribution in [0.15, 0.2) is 47.2 Å². The molecule has 64 heavy (non-hydrogen) atoms. The highest BCUT2D eigenvalue weighted by Gasteiger charge is 2.77. The molecule has 3 atom stereocenters. The number of benzene rings is 2. The van der Waals surface area contributed by atoms with Gasteiger partial charge in [0.05, 0.1) is 10.8 Å². The highest BCUT2D eigenvalue weighted by Crippen LogP contribution is 2.78. The highest BCUT2D eigenvalue weighted by molar-refractivity contribution is 5.74. The Bertz CT molecular complexity index is 2090. The molecule has 4 rings (SSSR count). The average Bonchev–Trinajstić information content (AvgIpc) is 3.13. The molecular formula is C56H84O8. The first-order chi connectivity index (χ1) is 29.0. The lowest BCUT2D eigenvalue weighted by Crippen LogP contribution is -2.72. The van der Waals surface area contributed by atoms with Crippen molar-refractivity contribution in [3.8, 4) is 11.5 Å². The van der Waals surface area contributed by atoms with Crippen molar-refractivity contribution in [2.45, 2.75) is 199 Å². The summed E-state index contributed by atoms with van der Waals surface area (Å²) in [4.78, 5) is 40.6. The van der Waals surface area contributed by atoms with Crippen molar-refractivity contribution in [2.24, 2.45) is 27.6 Å². The quantitative estimate of drug-likeness (QED) is 0.151. The molecule has 2 bridgehead atoms. The summed E-state index contributed by atoms with van der Waals surface area (Å²) >= 11 is 0. The van der Waals surface area contributed by atoms with Gasteiger partial charge in [-0.15, -0.1) is 0 Å². The van der Waals surface area contributed by atoms with Gasteiger partial charge in [0.15, 0.2) is 0 Å². The third-order valence-corrected chi connectivity index (χ3v) is 13.8. The number of carbonyl (C=O) groups is 3. The fourth-order valence-electron chi connectivity index (χ4n) is 10.5. The summed E-state index contributed by atoms with van der Waals surface area (Å²) in [6.45, 7) is 41.4. The minimum atomic E-state index is -1.00. The lowest BCUT2D eigenvalue weighted by atomic mass is 9.31. The maximum Gasteiger partial charge on any atom is 0.310 e. The van der Waals surface area contributed by atoms with E-state index in [9.17, 15) is 24.6 Å². The van der Waals surface area contributed by atoms with Crippen LogP contribution in [0.1, 0.15) is 198 Å². The van der Waals surface area contributed by atoms with Crippen LogP contribution in [0.3, 0.4) is 0 Å². The molecule has 0 radical (unpaired) electrons. The molecule has 0 aliphatic heterocycles. The SMILES string of the molecule is CCC(=O)Oc1c(C(C)(C)C)cc(CCC(=O)OCC2(COC(=O)CCc3cc(C(C)(C)C)c(O)c(C(C)(C)C)c3)C3=CC(C(C)(C)C)=C(O)C2(C(C)(C)C)C3CC)cc1C(C)(C)C. The maximum absolute atomic E-state index is 14.1. The average molecular weight is 885 g/mol. The van der Waals surface area contributed by atoms with E-state index >= 15 is 0 Å². The van der Waals surface area contributed by atoms with E-state index in [-0.39, 0.29) is 89.1 Å². The molecule has 0 heterocycles. The van der Waals surface area contributed by atoms with Crippen LogP contribution in [-0.2, 0) is 58.4 Å². The molecule has 0 amide bonds. The van der Waals surface area contributed by atoms with Crippen molar-refractivity contribution in [3.05, 3.63) is 80.6 Å². The minimum absolute atomic E-state index is 0.0494. The second-order valence-corrected chi connectivity index (χ2v) is 24.9. The number of aliphatic hydroxyl groups excluding tert-OH is 1. The minimum Gasteiger partial charge on any atom is -0.511 e. The van der Waals surface area contributed by atoms with Gasteiger partial charge in [-0.05, 0) is 85.5 Å². The van der Waals surface area contributed by atoms with Crippen LogP contribution >= 0.6 is 0 Å². The predicted octanol–water partition coefficient (Wildman–Crippen LogP) is 13.4. The molecule has 8 nitrogen and oxygen atoms in total. The van der Waals surface area contributed by atoms with Gasteiger partial charge in [0.1, 0.15) is 30.5 Å². The second-order valence-electron chi connectivity index (χ2n) is 24.9. The fourth-order valence-corrected chi connectivity index (χ4v) is 10.5. The molecule has 1 saturated carbocycles. The summed E-state index contributed by atoms with van der Waals surface area (Å²) < 4.78 is 18.6. The fraction of sp³-hybridized carbons (Fsp3) is 0.661. The van der Waals surface area contributed by atoms with Crippen molar-refractivity contribution >= 4 is 17.9 Å². The van der Waals surface area contributed by atoms with Crippen LogP contribution in [-0.4, -0.2) is 41.3 Å². The van der Waals surface area contributed by atoms with E-state index in [4.69, 9.17) is 14.2 Å². The zero-order chi connectivity index (χ0) is 49.0. The number of rotatable bonds is 13. The molecule has 2 aromatic rings. The molecule has 2 aromatic carbocycles. The van der Waals surface area contributed by atoms with E-state index in [1.807, 2.05) is 24.3 Å². The monoisotopic (exact) mass is 885 g/mol. The van der Waals surface area contributed by atoms with E-state index in [0.717, 1.165) is 50.9 Å². The van der Waals surface area contributed by atoms with Crippen molar-refractivity contribution in [3.63, 3.8) is 0 Å². The molecule has 3 unspecified atom stereocenters. The van der Waals surface area contributed by atoms with Gasteiger partial charge < -0.3 is 24.4 Å². The number of phenols is 1. The first-order valence-electron chi connectivity index (χ1n) is 23.7. The van der Waals surface area contributed by atoms with E-state index in [0.29, 0.717) is 24.3 Å². The van der Waals surface area contributed by atoms with Gasteiger partial charge >= 0.3 is 17.9 Å². The summed E-state index contributed by atoms with van der Waals surface area (Å²) in [5.41, 5.74) is 3.19. The number of aryl methyl sites for hydroxylation is 2. The zero-order valence-electron chi connectivity index (χ0n) is 43.5. The van der Waals surface area contributed by atoms with Gasteiger partial charge in [-0.1, -0.05) is 174 Å². The molecule has 2 N–H and O–H groups in total. The molecule has 2 aliphatic rings. The first kappa shape index (κ1) is 52.6. The topological polar surface area (TPSA) is 119 Å². The summed E-state index contributed by atoms with van der Waals surface area (Å²) in [6.07, 6.45) is 4.14. The molecule has 356 valence electrons. The molecular weight excluding hydrogens is 801 g/mol. The Morgan fingerprint density at radius 2 is 0.969 bits per heavy atom. The lowest BCUT2D eigenvalue weighted by Gasteiger charge is -2.72. The standard InChI is InChI=1S/C56H84O8/c1-21-36-37-31-42(53(15,16)17)48(61)56(36,54(18,19)20)55(37,32-62-44(58)25-23-34-27-38(49(3,4)5)46(60)39(28-34)50(6,7)8)33-63-45(59)26-24-35-29-40(51(9,10)11)47(64-43(57)22-2)41(30-35)52(12,13)14/h27-31,36,60-61H,21-26,32-33H2,1-20H3. The largest absolute Gasteiger partial charge is 0.511 e. The Labute approximate surface area is 387 Å². The molecule has 0 saturated heterocycles. The van der Waals surface area contributed by atoms with Gasteiger partial charge in [0, 0.05) is 30.4 Å². The Balaban J connectivity index is 1.70. The summed E-state index contributed by atoms with van der Waals surface area (Å²) in [5, 5.41) is 24.0. The number of allylic oxidation sites excluding steroid dienone is 3. The highest BCUT2D eigenvalue weighted by atomic mass is 16.6. The van der Waals surface area contributed by atoms with Crippen molar-refractivity contribution in [1.82, 2.24) is 0 Å². The van der Waals surface area contributed by atoms with Gasteiger partial charge in [-0.2, -0.15) is 0 Å². The van der Waals surface area contributed by atoms with Crippen molar-refractivity contribution in [1.29, 1.82) is 0 Å². The maximum atomic E-state index is 14.1. The zero-order valence-corrected chi connectivity index (χ0v) is 43.5. The number of fused-ring (bicyclic) bond motifs is 2. The van der Waals surface area contributed by atoms with E-state index in [2.05, 4.69) is 138 Å². The summed E-state index contributed by atoms with van der Waals surface area (Å²) in [6, 6.07) is 8.10. The molecule has 2 aliphatic carbocycles. The van der Waals surface area contributed by atoms with E-state index < -0.39 is 16.2 Å². The number of ether oxygens (including phenoxy) is 3. The van der Waals surface area contributed by atoms with Crippen molar-refractivity contribution < 1.29 is 38.8 Å². The van der Waals surface area contributed by atoms with Crippen LogP contribution in [0.5, 0.6) is 11.5 Å². The Kier molecular flexibility index (Phi) is 14.7. The van der Waals surface area contributed by atoms with Crippen LogP contribution in [0.4, 0.5) is 0 Å². The van der Waals surface area contributed by atoms with Gasteiger partial charge in [-0.25, -0.2) is 0 Å². The number of aromatic hydroxyl groups is 1. The summed E-state index contributed by atoms with van der Waals surface area (Å²) in [5.74, 6) is 0.0547. The van der Waals surface area contributed by atoms with Crippen LogP contribution in [0, 0.1) is 27.6 Å². The summed E-state index contributed by atoms with van der Waals surface area (Å²) in [7, 11) is 0. The Morgan fingerprint density at radius 1 is 0.578 bits per heavy atom. The first-order valence-corrected chi connectivity index (χ1v) is 23.7. The normalized spacial score (nSPS) is 20.7. The van der Waals surface area contributed by atoms with E-state index in [1.165, 1.54) is 0 Å². The van der Waals surface area contributed by atoms with Crippen molar-refractivity contribution in [2.75, 3.05) is 13.2 Å². The van der Waals surface area contributed by atoms with Crippen LogP contribution < -0.4 is 4.74 Å². The third kappa shape index (κ3) is 10.2. The number of aliphatic hydroxyl groups is 1. The van der Waals surface area contributed by atoms with Gasteiger partial charge in [-0.3, -0.25) is 14.4 Å².